The summed E-state index contributed by atoms with van der Waals surface area (Å²) in [6, 6.07) is 4.94. The predicted molar refractivity (Wildman–Crippen MR) is 97.9 cm³/mol. The summed E-state index contributed by atoms with van der Waals surface area (Å²) in [6.07, 6.45) is 2.64. The minimum absolute atomic E-state index is 0. The Morgan fingerprint density at radius 1 is 1.33 bits per heavy atom. The lowest BCUT2D eigenvalue weighted by atomic mass is 10.1. The van der Waals surface area contributed by atoms with Gasteiger partial charge < -0.3 is 16.0 Å². The molecule has 3 rings (SSSR count). The predicted octanol–water partition coefficient (Wildman–Crippen LogP) is 2.62. The number of rotatable bonds is 5. The molecule has 3 N–H and O–H groups in total. The van der Waals surface area contributed by atoms with Crippen LogP contribution in [-0.4, -0.2) is 30.9 Å². The van der Waals surface area contributed by atoms with E-state index in [0.29, 0.717) is 41.2 Å². The maximum Gasteiger partial charge on any atom is 0.239 e. The summed E-state index contributed by atoms with van der Waals surface area (Å²) < 4.78 is 0. The van der Waals surface area contributed by atoms with Crippen LogP contribution in [0.4, 0.5) is 5.69 Å². The zero-order valence-electron chi connectivity index (χ0n) is 13.0. The van der Waals surface area contributed by atoms with Crippen LogP contribution in [0.3, 0.4) is 0 Å². The summed E-state index contributed by atoms with van der Waals surface area (Å²) in [4.78, 5) is 26.5. The highest BCUT2D eigenvalue weighted by Crippen LogP contribution is 2.35. The number of amides is 2. The van der Waals surface area contributed by atoms with Crippen LogP contribution in [-0.2, 0) is 9.59 Å². The van der Waals surface area contributed by atoms with E-state index in [2.05, 4.69) is 5.32 Å². The number of halogens is 3. The Kier molecular flexibility index (Phi) is 6.37. The van der Waals surface area contributed by atoms with Gasteiger partial charge in [0.25, 0.3) is 0 Å². The van der Waals surface area contributed by atoms with Crippen molar-refractivity contribution in [3.8, 4) is 0 Å². The summed E-state index contributed by atoms with van der Waals surface area (Å²) in [5.74, 6) is -0.701. The number of carbonyl (C=O) groups is 2. The van der Waals surface area contributed by atoms with Gasteiger partial charge in [0.2, 0.25) is 11.8 Å². The molecule has 1 aromatic rings. The van der Waals surface area contributed by atoms with Crippen molar-refractivity contribution in [3.63, 3.8) is 0 Å². The van der Waals surface area contributed by atoms with E-state index in [-0.39, 0.29) is 30.3 Å². The van der Waals surface area contributed by atoms with E-state index in [9.17, 15) is 9.59 Å². The van der Waals surface area contributed by atoms with E-state index in [1.807, 2.05) is 0 Å². The van der Waals surface area contributed by atoms with Crippen LogP contribution in [0.15, 0.2) is 18.2 Å². The maximum atomic E-state index is 12.6. The van der Waals surface area contributed by atoms with E-state index in [4.69, 9.17) is 28.9 Å². The lowest BCUT2D eigenvalue weighted by Crippen LogP contribution is -2.46. The molecule has 2 atom stereocenters. The average Bonchev–Trinajstić information content (AvgIpc) is 3.30. The Labute approximate surface area is 157 Å². The first-order valence-corrected chi connectivity index (χ1v) is 8.53. The number of hydrogen-bond acceptors (Lipinski definition) is 3. The fourth-order valence-electron chi connectivity index (χ4n) is 3.01. The van der Waals surface area contributed by atoms with Gasteiger partial charge in [-0.15, -0.1) is 12.4 Å². The molecule has 2 fully saturated rings. The van der Waals surface area contributed by atoms with Gasteiger partial charge in [-0.2, -0.15) is 0 Å². The summed E-state index contributed by atoms with van der Waals surface area (Å²) in [5.41, 5.74) is 6.26. The summed E-state index contributed by atoms with van der Waals surface area (Å²) >= 11 is 12.1. The van der Waals surface area contributed by atoms with Crippen molar-refractivity contribution >= 4 is 53.1 Å². The van der Waals surface area contributed by atoms with Gasteiger partial charge in [0.05, 0.1) is 10.7 Å². The quantitative estimate of drug-likeness (QED) is 0.756. The number of carbonyl (C=O) groups excluding carboxylic acids is 2. The smallest absolute Gasteiger partial charge is 0.239 e. The first kappa shape index (κ1) is 19.3. The van der Waals surface area contributed by atoms with Crippen LogP contribution < -0.4 is 16.0 Å². The largest absolute Gasteiger partial charge is 0.351 e. The molecule has 8 heteroatoms. The van der Waals surface area contributed by atoms with Gasteiger partial charge in [0.1, 0.15) is 5.92 Å². The number of nitrogens with zero attached hydrogens (tertiary/aromatic N) is 1. The maximum absolute atomic E-state index is 12.6. The molecule has 132 valence electrons. The second-order valence-corrected chi connectivity index (χ2v) is 6.96. The van der Waals surface area contributed by atoms with E-state index in [1.54, 1.807) is 18.2 Å². The van der Waals surface area contributed by atoms with Crippen molar-refractivity contribution < 1.29 is 9.59 Å². The normalized spacial score (nSPS) is 21.4. The standard InChI is InChI=1S/C16H19Cl2N3O2.ClH/c17-10-3-4-12(18)14(7-10)21-6-5-11(16(21)23)15(22)20-13(8-19)9-1-2-9;/h3-4,7,9,11,13H,1-2,5-6,8,19H2,(H,20,22);1H. The second-order valence-electron chi connectivity index (χ2n) is 6.12. The molecule has 1 saturated carbocycles. The Hall–Kier alpha value is -1.01. The lowest BCUT2D eigenvalue weighted by molar-refractivity contribution is -0.132. The van der Waals surface area contributed by atoms with E-state index < -0.39 is 5.92 Å². The third kappa shape index (κ3) is 3.97. The van der Waals surface area contributed by atoms with Crippen molar-refractivity contribution in [1.82, 2.24) is 5.32 Å². The van der Waals surface area contributed by atoms with Gasteiger partial charge >= 0.3 is 0 Å². The van der Waals surface area contributed by atoms with Gasteiger partial charge in [-0.05, 0) is 43.4 Å². The highest BCUT2D eigenvalue weighted by atomic mass is 35.5. The summed E-state index contributed by atoms with van der Waals surface area (Å²) in [7, 11) is 0. The van der Waals surface area contributed by atoms with Crippen LogP contribution >= 0.6 is 35.6 Å². The fourth-order valence-corrected chi connectivity index (χ4v) is 3.39. The fraction of sp³-hybridized carbons (Fsp3) is 0.500. The molecule has 2 amide bonds. The molecule has 24 heavy (non-hydrogen) atoms. The zero-order valence-corrected chi connectivity index (χ0v) is 15.3. The molecule has 2 unspecified atom stereocenters. The van der Waals surface area contributed by atoms with Gasteiger partial charge in [0, 0.05) is 24.2 Å². The van der Waals surface area contributed by atoms with Crippen LogP contribution in [0.5, 0.6) is 0 Å². The monoisotopic (exact) mass is 391 g/mol. The van der Waals surface area contributed by atoms with Crippen LogP contribution in [0, 0.1) is 11.8 Å². The number of nitrogens with one attached hydrogen (secondary N) is 1. The third-order valence-corrected chi connectivity index (χ3v) is 5.05. The molecule has 1 aliphatic heterocycles. The minimum atomic E-state index is -0.683. The van der Waals surface area contributed by atoms with E-state index >= 15 is 0 Å². The molecule has 0 spiro atoms. The van der Waals surface area contributed by atoms with Crippen molar-refractivity contribution in [3.05, 3.63) is 28.2 Å². The van der Waals surface area contributed by atoms with Crippen molar-refractivity contribution in [2.45, 2.75) is 25.3 Å². The Balaban J connectivity index is 0.00000208. The summed E-state index contributed by atoms with van der Waals surface area (Å²) in [5, 5.41) is 3.88. The van der Waals surface area contributed by atoms with Crippen LogP contribution in [0.1, 0.15) is 19.3 Å². The SMILES string of the molecule is Cl.NCC(NC(=O)C1CCN(c2cc(Cl)ccc2Cl)C1=O)C1CC1. The topological polar surface area (TPSA) is 75.4 Å². The molecule has 1 saturated heterocycles. The van der Waals surface area contributed by atoms with Crippen LogP contribution in [0.25, 0.3) is 0 Å². The third-order valence-electron chi connectivity index (χ3n) is 4.49. The molecular formula is C16H20Cl3N3O2. The molecule has 1 heterocycles. The molecule has 1 aliphatic carbocycles. The van der Waals surface area contributed by atoms with Crippen molar-refractivity contribution in [2.24, 2.45) is 17.6 Å². The van der Waals surface area contributed by atoms with Crippen molar-refractivity contribution in [1.29, 1.82) is 0 Å². The lowest BCUT2D eigenvalue weighted by Gasteiger charge is -2.20. The number of nitrogens with two attached hydrogens (primary N) is 1. The first-order valence-electron chi connectivity index (χ1n) is 7.78. The highest BCUT2D eigenvalue weighted by Gasteiger charge is 2.40. The first-order chi connectivity index (χ1) is 11.0. The molecule has 5 nitrogen and oxygen atoms in total. The molecule has 0 aromatic heterocycles. The van der Waals surface area contributed by atoms with Crippen LogP contribution in [0.2, 0.25) is 10.0 Å². The minimum Gasteiger partial charge on any atom is -0.351 e. The Morgan fingerprint density at radius 2 is 2.04 bits per heavy atom. The average molecular weight is 393 g/mol. The van der Waals surface area contributed by atoms with Gasteiger partial charge in [-0.1, -0.05) is 23.2 Å². The molecule has 0 radical (unpaired) electrons. The molecular weight excluding hydrogens is 373 g/mol. The molecule has 0 bridgehead atoms. The van der Waals surface area contributed by atoms with E-state index in [1.165, 1.54) is 4.90 Å². The molecule has 1 aromatic carbocycles. The zero-order chi connectivity index (χ0) is 16.6. The van der Waals surface area contributed by atoms with Gasteiger partial charge in [0.15, 0.2) is 0 Å². The van der Waals surface area contributed by atoms with Gasteiger partial charge in [-0.3, -0.25) is 9.59 Å². The second kappa shape index (κ2) is 7.91. The number of anilines is 1. The Bertz CT molecular complexity index is 637. The highest BCUT2D eigenvalue weighted by molar-refractivity contribution is 6.36. The number of hydrogen-bond donors (Lipinski definition) is 2. The van der Waals surface area contributed by atoms with Gasteiger partial charge in [-0.25, -0.2) is 0 Å². The Morgan fingerprint density at radius 3 is 2.67 bits per heavy atom. The molecule has 2 aliphatic rings. The van der Waals surface area contributed by atoms with E-state index in [0.717, 1.165) is 12.8 Å². The van der Waals surface area contributed by atoms with Crippen molar-refractivity contribution in [2.75, 3.05) is 18.0 Å². The summed E-state index contributed by atoms with van der Waals surface area (Å²) in [6.45, 7) is 0.856. The number of benzene rings is 1.